The van der Waals surface area contributed by atoms with E-state index < -0.39 is 12.1 Å². The van der Waals surface area contributed by atoms with Crippen LogP contribution in [0.15, 0.2) is 24.3 Å². The van der Waals surface area contributed by atoms with E-state index in [0.717, 1.165) is 0 Å². The van der Waals surface area contributed by atoms with Crippen molar-refractivity contribution in [3.63, 3.8) is 0 Å². The number of amides is 1. The second kappa shape index (κ2) is 4.74. The predicted octanol–water partition coefficient (Wildman–Crippen LogP) is 0.855. The normalized spacial score (nSPS) is 18.9. The summed E-state index contributed by atoms with van der Waals surface area (Å²) in [5, 5.41) is 11.1. The lowest BCUT2D eigenvalue weighted by atomic mass is 10.2. The van der Waals surface area contributed by atoms with Crippen LogP contribution in [0.3, 0.4) is 0 Å². The highest BCUT2D eigenvalue weighted by atomic mass is 16.6. The third kappa shape index (κ3) is 2.48. The Morgan fingerprint density at radius 1 is 1.53 bits per heavy atom. The molecule has 5 nitrogen and oxygen atoms in total. The summed E-state index contributed by atoms with van der Waals surface area (Å²) in [4.78, 5) is 11.7. The molecule has 1 N–H and O–H groups in total. The molecular weight excluding hydrogens is 220 g/mol. The highest BCUT2D eigenvalue weighted by Gasteiger charge is 2.27. The molecule has 0 bridgehead atoms. The Kier molecular flexibility index (Phi) is 3.15. The zero-order valence-electron chi connectivity index (χ0n) is 9.34. The molecule has 1 amide bonds. The number of nitrogens with one attached hydrogen (secondary N) is 1. The summed E-state index contributed by atoms with van der Waals surface area (Å²) in [5.41, 5.74) is 0. The molecule has 17 heavy (non-hydrogen) atoms. The Labute approximate surface area is 98.9 Å². The molecule has 5 heteroatoms. The van der Waals surface area contributed by atoms with Gasteiger partial charge in [0.05, 0.1) is 6.07 Å². The molecule has 0 aromatic heterocycles. The Hall–Kier alpha value is -2.22. The largest absolute Gasteiger partial charge is 0.485 e. The molecule has 0 radical (unpaired) electrons. The van der Waals surface area contributed by atoms with Crippen LogP contribution in [-0.4, -0.2) is 24.7 Å². The van der Waals surface area contributed by atoms with Crippen LogP contribution in [0.4, 0.5) is 0 Å². The molecule has 1 heterocycles. The topological polar surface area (TPSA) is 71.4 Å². The van der Waals surface area contributed by atoms with E-state index in [1.807, 2.05) is 12.1 Å². The fourth-order valence-electron chi connectivity index (χ4n) is 1.49. The maximum absolute atomic E-state index is 11.7. The van der Waals surface area contributed by atoms with Crippen molar-refractivity contribution in [2.75, 3.05) is 6.61 Å². The number of hydrogen-bond acceptors (Lipinski definition) is 4. The maximum Gasteiger partial charge on any atom is 0.265 e. The fraction of sp³-hybridized carbons (Fsp3) is 0.333. The fourth-order valence-corrected chi connectivity index (χ4v) is 1.49. The predicted molar refractivity (Wildman–Crippen MR) is 59.6 cm³/mol. The second-order valence-electron chi connectivity index (χ2n) is 3.72. The first kappa shape index (κ1) is 11.3. The van der Waals surface area contributed by atoms with Crippen LogP contribution in [0.1, 0.15) is 6.92 Å². The highest BCUT2D eigenvalue weighted by molar-refractivity contribution is 5.82. The van der Waals surface area contributed by atoms with Gasteiger partial charge in [0.2, 0.25) is 6.10 Å². The van der Waals surface area contributed by atoms with Gasteiger partial charge in [-0.05, 0) is 19.1 Å². The van der Waals surface area contributed by atoms with Crippen molar-refractivity contribution >= 4 is 5.91 Å². The van der Waals surface area contributed by atoms with Crippen molar-refractivity contribution < 1.29 is 14.3 Å². The molecule has 1 aromatic rings. The Morgan fingerprint density at radius 2 is 2.24 bits per heavy atom. The number of nitrogens with zero attached hydrogens (tertiary/aromatic N) is 1. The van der Waals surface area contributed by atoms with E-state index in [4.69, 9.17) is 14.7 Å². The first-order chi connectivity index (χ1) is 8.20. The van der Waals surface area contributed by atoms with Gasteiger partial charge in [-0.25, -0.2) is 0 Å². The van der Waals surface area contributed by atoms with Crippen molar-refractivity contribution in [3.8, 4) is 17.6 Å². The third-order valence-electron chi connectivity index (χ3n) is 2.35. The molecule has 1 aliphatic heterocycles. The van der Waals surface area contributed by atoms with Crippen LogP contribution < -0.4 is 14.8 Å². The maximum atomic E-state index is 11.7. The molecule has 2 atom stereocenters. The van der Waals surface area contributed by atoms with Crippen LogP contribution >= 0.6 is 0 Å². The van der Waals surface area contributed by atoms with Crippen LogP contribution in [0.25, 0.3) is 0 Å². The minimum absolute atomic E-state index is 0.154. The summed E-state index contributed by atoms with van der Waals surface area (Å²) < 4.78 is 10.9. The summed E-state index contributed by atoms with van der Waals surface area (Å²) in [6.07, 6.45) is -0.708. The molecule has 0 saturated heterocycles. The standard InChI is InChI=1S/C12H12N2O3/c1-8(6-13)14-12(15)11-7-16-9-4-2-3-5-10(9)17-11/h2-5,8,11H,7H2,1H3,(H,14,15). The van der Waals surface area contributed by atoms with E-state index in [1.165, 1.54) is 0 Å². The quantitative estimate of drug-likeness (QED) is 0.820. The Balaban J connectivity index is 2.03. The minimum Gasteiger partial charge on any atom is -0.485 e. The molecule has 1 aromatic carbocycles. The van der Waals surface area contributed by atoms with E-state index in [9.17, 15) is 4.79 Å². The van der Waals surface area contributed by atoms with Gasteiger partial charge in [0.1, 0.15) is 12.6 Å². The van der Waals surface area contributed by atoms with Gasteiger partial charge in [-0.1, -0.05) is 12.1 Å². The number of carbonyl (C=O) groups excluding carboxylic acids is 1. The summed E-state index contributed by atoms with van der Waals surface area (Å²) in [5.74, 6) is 0.835. The van der Waals surface area contributed by atoms with Gasteiger partial charge in [0.25, 0.3) is 5.91 Å². The summed E-state index contributed by atoms with van der Waals surface area (Å²) in [6, 6.07) is 8.54. The van der Waals surface area contributed by atoms with E-state index >= 15 is 0 Å². The van der Waals surface area contributed by atoms with Crippen molar-refractivity contribution in [1.82, 2.24) is 5.32 Å². The number of carbonyl (C=O) groups is 1. The first-order valence-corrected chi connectivity index (χ1v) is 5.29. The molecule has 1 aliphatic rings. The van der Waals surface area contributed by atoms with Crippen LogP contribution in [-0.2, 0) is 4.79 Å². The number of para-hydroxylation sites is 2. The Bertz CT molecular complexity index is 467. The Morgan fingerprint density at radius 3 is 2.94 bits per heavy atom. The van der Waals surface area contributed by atoms with E-state index in [1.54, 1.807) is 25.1 Å². The average Bonchev–Trinajstić information content (AvgIpc) is 2.38. The van der Waals surface area contributed by atoms with Crippen molar-refractivity contribution in [3.05, 3.63) is 24.3 Å². The third-order valence-corrected chi connectivity index (χ3v) is 2.35. The number of nitriles is 1. The zero-order chi connectivity index (χ0) is 12.3. The monoisotopic (exact) mass is 232 g/mol. The lowest BCUT2D eigenvalue weighted by Crippen LogP contribution is -2.46. The van der Waals surface area contributed by atoms with Crippen molar-refractivity contribution in [1.29, 1.82) is 5.26 Å². The van der Waals surface area contributed by atoms with E-state index in [-0.39, 0.29) is 12.5 Å². The van der Waals surface area contributed by atoms with Gasteiger partial charge in [-0.2, -0.15) is 5.26 Å². The smallest absolute Gasteiger partial charge is 0.265 e. The number of benzene rings is 1. The van der Waals surface area contributed by atoms with Crippen LogP contribution in [0.5, 0.6) is 11.5 Å². The number of hydrogen-bond donors (Lipinski definition) is 1. The van der Waals surface area contributed by atoms with Crippen molar-refractivity contribution in [2.24, 2.45) is 0 Å². The van der Waals surface area contributed by atoms with Gasteiger partial charge in [0.15, 0.2) is 11.5 Å². The second-order valence-corrected chi connectivity index (χ2v) is 3.72. The summed E-state index contributed by atoms with van der Waals surface area (Å²) in [7, 11) is 0. The first-order valence-electron chi connectivity index (χ1n) is 5.29. The highest BCUT2D eigenvalue weighted by Crippen LogP contribution is 2.30. The van der Waals surface area contributed by atoms with Gasteiger partial charge >= 0.3 is 0 Å². The minimum atomic E-state index is -0.708. The van der Waals surface area contributed by atoms with Gasteiger partial charge in [0, 0.05) is 0 Å². The van der Waals surface area contributed by atoms with Gasteiger partial charge in [-0.15, -0.1) is 0 Å². The number of fused-ring (bicyclic) bond motifs is 1. The molecule has 0 saturated carbocycles. The lowest BCUT2D eigenvalue weighted by Gasteiger charge is -2.25. The van der Waals surface area contributed by atoms with E-state index in [0.29, 0.717) is 11.5 Å². The average molecular weight is 232 g/mol. The molecule has 0 spiro atoms. The van der Waals surface area contributed by atoms with Gasteiger partial charge < -0.3 is 14.8 Å². The number of rotatable bonds is 2. The molecule has 2 unspecified atom stereocenters. The van der Waals surface area contributed by atoms with Crippen LogP contribution in [0, 0.1) is 11.3 Å². The summed E-state index contributed by atoms with van der Waals surface area (Å²) in [6.45, 7) is 1.76. The molecule has 0 aliphatic carbocycles. The van der Waals surface area contributed by atoms with E-state index in [2.05, 4.69) is 5.32 Å². The lowest BCUT2D eigenvalue weighted by molar-refractivity contribution is -0.130. The molecule has 0 fully saturated rings. The number of ether oxygens (including phenoxy) is 2. The molecule has 2 rings (SSSR count). The SMILES string of the molecule is CC(C#N)NC(=O)C1COc2ccccc2O1. The summed E-state index contributed by atoms with van der Waals surface area (Å²) >= 11 is 0. The van der Waals surface area contributed by atoms with Crippen molar-refractivity contribution in [2.45, 2.75) is 19.1 Å². The molecular formula is C12H12N2O3. The molecule has 88 valence electrons. The van der Waals surface area contributed by atoms with Crippen LogP contribution in [0.2, 0.25) is 0 Å². The van der Waals surface area contributed by atoms with Gasteiger partial charge in [-0.3, -0.25) is 4.79 Å². The zero-order valence-corrected chi connectivity index (χ0v) is 9.34.